The van der Waals surface area contributed by atoms with E-state index in [1.165, 1.54) is 0 Å². The number of alkyl halides is 3. The number of rotatable bonds is 4. The second-order valence-electron chi connectivity index (χ2n) is 3.77. The number of carbonyl (C=O) groups excluding carboxylic acids is 1. The summed E-state index contributed by atoms with van der Waals surface area (Å²) in [5.41, 5.74) is -0.424. The summed E-state index contributed by atoms with van der Waals surface area (Å²) < 4.78 is -0.563. The van der Waals surface area contributed by atoms with Crippen LogP contribution >= 0.6 is 47.8 Å². The molecule has 0 spiro atoms. The highest BCUT2D eigenvalue weighted by molar-refractivity contribution is 9.39. The minimum absolute atomic E-state index is 0.176. The average Bonchev–Trinajstić information content (AvgIpc) is 2.03. The molecule has 0 aromatic heterocycles. The Morgan fingerprint density at radius 1 is 1.20 bits per heavy atom. The molecule has 0 saturated heterocycles. The number of aliphatic hydroxyl groups excluding tert-OH is 2. The predicted octanol–water partition coefficient (Wildman–Crippen LogP) is 1.97. The van der Waals surface area contributed by atoms with Gasteiger partial charge in [-0.2, -0.15) is 0 Å². The lowest BCUT2D eigenvalue weighted by Gasteiger charge is -2.34. The van der Waals surface area contributed by atoms with E-state index in [-0.39, 0.29) is 12.3 Å². The first kappa shape index (κ1) is 15.8. The largest absolute Gasteiger partial charge is 0.376 e. The van der Waals surface area contributed by atoms with Crippen molar-refractivity contribution in [3.8, 4) is 0 Å². The number of amides is 1. The molecule has 15 heavy (non-hydrogen) atoms. The first-order valence-corrected chi connectivity index (χ1v) is 6.60. The van der Waals surface area contributed by atoms with Gasteiger partial charge >= 0.3 is 0 Å². The molecule has 0 aliphatic heterocycles. The highest BCUT2D eigenvalue weighted by Gasteiger charge is 2.40. The predicted molar refractivity (Wildman–Crippen MR) is 68.9 cm³/mol. The smallest absolute Gasteiger partial charge is 0.226 e. The standard InChI is InChI=1S/C8H14Br3NO3/c1-7(2,8(9,10)11)3-6(15)12(4-13)5-14/h13-14H,3-5H2,1-2H3. The van der Waals surface area contributed by atoms with Crippen molar-refractivity contribution in [1.29, 1.82) is 0 Å². The van der Waals surface area contributed by atoms with E-state index in [2.05, 4.69) is 47.8 Å². The normalized spacial score (nSPS) is 12.7. The fraction of sp³-hybridized carbons (Fsp3) is 0.875. The van der Waals surface area contributed by atoms with Crippen molar-refractivity contribution in [1.82, 2.24) is 4.90 Å². The van der Waals surface area contributed by atoms with E-state index in [0.717, 1.165) is 4.90 Å². The van der Waals surface area contributed by atoms with Crippen molar-refractivity contribution in [3.63, 3.8) is 0 Å². The molecule has 0 aromatic carbocycles. The lowest BCUT2D eigenvalue weighted by atomic mass is 9.91. The first-order chi connectivity index (χ1) is 6.65. The third-order valence-electron chi connectivity index (χ3n) is 2.05. The Balaban J connectivity index is 4.53. The van der Waals surface area contributed by atoms with Crippen molar-refractivity contribution in [2.75, 3.05) is 13.5 Å². The van der Waals surface area contributed by atoms with Gasteiger partial charge in [0.2, 0.25) is 5.91 Å². The van der Waals surface area contributed by atoms with E-state index in [0.29, 0.717) is 0 Å². The van der Waals surface area contributed by atoms with Crippen LogP contribution in [0.3, 0.4) is 0 Å². The molecular weight excluding hydrogens is 398 g/mol. The van der Waals surface area contributed by atoms with Crippen LogP contribution in [0, 0.1) is 5.41 Å². The lowest BCUT2D eigenvalue weighted by molar-refractivity contribution is -0.141. The fourth-order valence-corrected chi connectivity index (χ4v) is 1.21. The zero-order valence-electron chi connectivity index (χ0n) is 8.51. The third-order valence-corrected chi connectivity index (χ3v) is 5.27. The Hall–Kier alpha value is 0.830. The number of nitrogens with zero attached hydrogens (tertiary/aromatic N) is 1. The van der Waals surface area contributed by atoms with Crippen LogP contribution in [0.1, 0.15) is 20.3 Å². The molecular formula is C8H14Br3NO3. The number of carbonyl (C=O) groups is 1. The highest BCUT2D eigenvalue weighted by atomic mass is 80.0. The Morgan fingerprint density at radius 3 is 1.87 bits per heavy atom. The van der Waals surface area contributed by atoms with Crippen LogP contribution in [0.4, 0.5) is 0 Å². The maximum absolute atomic E-state index is 11.6. The fourth-order valence-electron chi connectivity index (χ4n) is 0.793. The Bertz CT molecular complexity index is 224. The van der Waals surface area contributed by atoms with Gasteiger partial charge in [0.15, 0.2) is 0 Å². The molecule has 7 heteroatoms. The van der Waals surface area contributed by atoms with Crippen LogP contribution in [0.15, 0.2) is 0 Å². The minimum atomic E-state index is -0.563. The topological polar surface area (TPSA) is 60.8 Å². The molecule has 0 saturated carbocycles. The summed E-state index contributed by atoms with van der Waals surface area (Å²) in [4.78, 5) is 12.6. The number of aliphatic hydroxyl groups is 2. The van der Waals surface area contributed by atoms with E-state index in [1.807, 2.05) is 13.8 Å². The molecule has 0 aliphatic rings. The summed E-state index contributed by atoms with van der Waals surface area (Å²) in [5, 5.41) is 17.6. The number of hydrogen-bond donors (Lipinski definition) is 2. The van der Waals surface area contributed by atoms with Crippen molar-refractivity contribution in [2.45, 2.75) is 22.4 Å². The van der Waals surface area contributed by atoms with Gasteiger partial charge in [0.1, 0.15) is 15.6 Å². The summed E-state index contributed by atoms with van der Waals surface area (Å²) >= 11 is 10.1. The summed E-state index contributed by atoms with van der Waals surface area (Å²) in [6.45, 7) is 2.78. The Kier molecular flexibility index (Phi) is 6.28. The van der Waals surface area contributed by atoms with Gasteiger partial charge < -0.3 is 10.2 Å². The van der Waals surface area contributed by atoms with Crippen LogP contribution in [0.5, 0.6) is 0 Å². The summed E-state index contributed by atoms with van der Waals surface area (Å²) in [5.74, 6) is -0.312. The highest BCUT2D eigenvalue weighted by Crippen LogP contribution is 2.51. The van der Waals surface area contributed by atoms with Gasteiger partial charge in [-0.3, -0.25) is 9.69 Å². The van der Waals surface area contributed by atoms with Crippen molar-refractivity contribution < 1.29 is 15.0 Å². The van der Waals surface area contributed by atoms with E-state index < -0.39 is 21.0 Å². The molecule has 0 aromatic rings. The van der Waals surface area contributed by atoms with Crippen LogP contribution in [0.25, 0.3) is 0 Å². The van der Waals surface area contributed by atoms with Gasteiger partial charge in [-0.25, -0.2) is 0 Å². The molecule has 0 bridgehead atoms. The first-order valence-electron chi connectivity index (χ1n) is 4.22. The maximum atomic E-state index is 11.6. The Morgan fingerprint density at radius 2 is 1.60 bits per heavy atom. The molecule has 0 atom stereocenters. The van der Waals surface area contributed by atoms with E-state index in [1.54, 1.807) is 0 Å². The molecule has 1 amide bonds. The molecule has 0 heterocycles. The summed E-state index contributed by atoms with van der Waals surface area (Å²) in [7, 11) is 0. The van der Waals surface area contributed by atoms with Crippen molar-refractivity contribution >= 4 is 53.7 Å². The van der Waals surface area contributed by atoms with Crippen LogP contribution < -0.4 is 0 Å². The SMILES string of the molecule is CC(C)(CC(=O)N(CO)CO)C(Br)(Br)Br. The zero-order valence-corrected chi connectivity index (χ0v) is 13.3. The van der Waals surface area contributed by atoms with Crippen molar-refractivity contribution in [3.05, 3.63) is 0 Å². The quantitative estimate of drug-likeness (QED) is 0.549. The summed E-state index contributed by atoms with van der Waals surface area (Å²) in [6.07, 6.45) is 0.176. The van der Waals surface area contributed by atoms with Crippen LogP contribution in [-0.4, -0.2) is 36.6 Å². The monoisotopic (exact) mass is 409 g/mol. The molecule has 0 unspecified atom stereocenters. The number of halogens is 3. The maximum Gasteiger partial charge on any atom is 0.226 e. The minimum Gasteiger partial charge on any atom is -0.376 e. The average molecular weight is 412 g/mol. The molecule has 2 N–H and O–H groups in total. The van der Waals surface area contributed by atoms with E-state index in [9.17, 15) is 4.79 Å². The van der Waals surface area contributed by atoms with Crippen LogP contribution in [0.2, 0.25) is 0 Å². The second-order valence-corrected chi connectivity index (χ2v) is 10.5. The molecule has 0 fully saturated rings. The van der Waals surface area contributed by atoms with Gasteiger partial charge in [0.25, 0.3) is 0 Å². The van der Waals surface area contributed by atoms with Gasteiger partial charge in [0.05, 0.1) is 0 Å². The van der Waals surface area contributed by atoms with Gasteiger partial charge in [0, 0.05) is 11.8 Å². The molecule has 90 valence electrons. The van der Waals surface area contributed by atoms with E-state index in [4.69, 9.17) is 10.2 Å². The van der Waals surface area contributed by atoms with Gasteiger partial charge in [-0.15, -0.1) is 0 Å². The zero-order chi connectivity index (χ0) is 12.3. The van der Waals surface area contributed by atoms with Crippen molar-refractivity contribution in [2.24, 2.45) is 5.41 Å². The molecule has 4 nitrogen and oxygen atoms in total. The molecule has 0 radical (unpaired) electrons. The molecule has 0 rings (SSSR count). The van der Waals surface area contributed by atoms with Gasteiger partial charge in [-0.1, -0.05) is 61.6 Å². The molecule has 0 aliphatic carbocycles. The van der Waals surface area contributed by atoms with E-state index >= 15 is 0 Å². The van der Waals surface area contributed by atoms with Crippen LogP contribution in [-0.2, 0) is 4.79 Å². The Labute approximate surface area is 114 Å². The summed E-state index contributed by atoms with van der Waals surface area (Å²) in [6, 6.07) is 0. The third kappa shape index (κ3) is 4.68. The van der Waals surface area contributed by atoms with Gasteiger partial charge in [-0.05, 0) is 0 Å². The lowest BCUT2D eigenvalue weighted by Crippen LogP contribution is -2.39. The second kappa shape index (κ2) is 5.95. The number of hydrogen-bond acceptors (Lipinski definition) is 3.